The second-order valence-electron chi connectivity index (χ2n) is 8.05. The molecule has 3 aromatic carbocycles. The summed E-state index contributed by atoms with van der Waals surface area (Å²) in [6.45, 7) is 0. The lowest BCUT2D eigenvalue weighted by Gasteiger charge is -2.37. The molecular formula is C25H18F9NO2. The normalized spacial score (nSPS) is 13.8. The maximum Gasteiger partial charge on any atom is 0.461 e. The van der Waals surface area contributed by atoms with Crippen molar-refractivity contribution in [3.63, 3.8) is 0 Å². The third-order valence-electron chi connectivity index (χ3n) is 5.24. The Labute approximate surface area is 204 Å². The molecule has 0 spiro atoms. The first kappa shape index (κ1) is 27.9. The second kappa shape index (κ2) is 10.7. The van der Waals surface area contributed by atoms with E-state index in [1.165, 1.54) is 12.1 Å². The summed E-state index contributed by atoms with van der Waals surface area (Å²) in [6.07, 6.45) is -16.6. The zero-order valence-electron chi connectivity index (χ0n) is 18.6. The Morgan fingerprint density at radius 2 is 1.43 bits per heavy atom. The van der Waals surface area contributed by atoms with Gasteiger partial charge in [-0.3, -0.25) is 4.79 Å². The fourth-order valence-electron chi connectivity index (χ4n) is 3.73. The molecule has 1 N–H and O–H groups in total. The van der Waals surface area contributed by atoms with Crippen molar-refractivity contribution in [3.05, 3.63) is 101 Å². The molecular weight excluding hydrogens is 517 g/mol. The molecule has 1 unspecified atom stereocenters. The van der Waals surface area contributed by atoms with Gasteiger partial charge in [-0.15, -0.1) is 0 Å². The summed E-state index contributed by atoms with van der Waals surface area (Å²) in [4.78, 5) is 12.5. The van der Waals surface area contributed by atoms with Crippen LogP contribution < -0.4 is 10.1 Å². The van der Waals surface area contributed by atoms with Crippen LogP contribution in [-0.4, -0.2) is 24.6 Å². The molecule has 37 heavy (non-hydrogen) atoms. The van der Waals surface area contributed by atoms with Gasteiger partial charge < -0.3 is 10.1 Å². The summed E-state index contributed by atoms with van der Waals surface area (Å²) in [5.41, 5.74) is -2.18. The van der Waals surface area contributed by atoms with Gasteiger partial charge in [0.15, 0.2) is 0 Å². The minimum atomic E-state index is -5.03. The molecule has 1 atom stereocenters. The van der Waals surface area contributed by atoms with Gasteiger partial charge >= 0.3 is 18.7 Å². The molecule has 0 saturated carbocycles. The number of amides is 1. The van der Waals surface area contributed by atoms with E-state index in [-0.39, 0.29) is 12.0 Å². The summed E-state index contributed by atoms with van der Waals surface area (Å²) in [7, 11) is 0. The smallest absolute Gasteiger partial charge is 0.428 e. The Balaban J connectivity index is 2.25. The van der Waals surface area contributed by atoms with Crippen molar-refractivity contribution in [2.75, 3.05) is 0 Å². The van der Waals surface area contributed by atoms with Crippen LogP contribution in [0.4, 0.5) is 39.5 Å². The first-order chi connectivity index (χ1) is 17.2. The van der Waals surface area contributed by atoms with Gasteiger partial charge in [-0.25, -0.2) is 8.78 Å². The SMILES string of the molecule is O=C(CC(F)(F)F)NC(Cc1ccccc1)(c1ccc(F)cc1)c1cc(F)cc(OC(F)(F)C(F)F)c1. The number of ether oxygens (including phenoxy) is 1. The highest BCUT2D eigenvalue weighted by Gasteiger charge is 2.45. The predicted octanol–water partition coefficient (Wildman–Crippen LogP) is 6.76. The van der Waals surface area contributed by atoms with E-state index < -0.39 is 59.5 Å². The van der Waals surface area contributed by atoms with Crippen LogP contribution in [0.3, 0.4) is 0 Å². The molecule has 3 nitrogen and oxygen atoms in total. The third-order valence-corrected chi connectivity index (χ3v) is 5.24. The van der Waals surface area contributed by atoms with E-state index >= 15 is 0 Å². The van der Waals surface area contributed by atoms with Crippen molar-refractivity contribution >= 4 is 5.91 Å². The van der Waals surface area contributed by atoms with Gasteiger partial charge in [-0.05, 0) is 41.0 Å². The Bertz CT molecular complexity index is 1220. The zero-order valence-corrected chi connectivity index (χ0v) is 18.6. The van der Waals surface area contributed by atoms with Crippen LogP contribution in [0.2, 0.25) is 0 Å². The molecule has 198 valence electrons. The van der Waals surface area contributed by atoms with Gasteiger partial charge in [0.2, 0.25) is 5.91 Å². The zero-order chi connectivity index (χ0) is 27.4. The molecule has 0 fully saturated rings. The first-order valence-corrected chi connectivity index (χ1v) is 10.5. The average molecular weight is 535 g/mol. The van der Waals surface area contributed by atoms with Crippen LogP contribution in [-0.2, 0) is 16.8 Å². The van der Waals surface area contributed by atoms with Gasteiger partial charge in [-0.1, -0.05) is 42.5 Å². The minimum absolute atomic E-state index is 0.0505. The Kier molecular flexibility index (Phi) is 8.09. The number of halogens is 9. The van der Waals surface area contributed by atoms with Crippen molar-refractivity contribution in [2.45, 2.75) is 37.1 Å². The Morgan fingerprint density at radius 3 is 2.00 bits per heavy atom. The average Bonchev–Trinajstić information content (AvgIpc) is 2.77. The number of hydrogen-bond donors (Lipinski definition) is 1. The van der Waals surface area contributed by atoms with Gasteiger partial charge in [0.05, 0.1) is 5.54 Å². The van der Waals surface area contributed by atoms with Gasteiger partial charge in [0, 0.05) is 12.5 Å². The molecule has 12 heteroatoms. The van der Waals surface area contributed by atoms with E-state index in [2.05, 4.69) is 10.1 Å². The molecule has 0 aliphatic heterocycles. The summed E-state index contributed by atoms with van der Waals surface area (Å²) >= 11 is 0. The predicted molar refractivity (Wildman–Crippen MR) is 114 cm³/mol. The van der Waals surface area contributed by atoms with Crippen LogP contribution in [0.1, 0.15) is 23.1 Å². The monoisotopic (exact) mass is 535 g/mol. The summed E-state index contributed by atoms with van der Waals surface area (Å²) in [5.74, 6) is -4.68. The fraction of sp³-hybridized carbons (Fsp3) is 0.240. The van der Waals surface area contributed by atoms with Crippen molar-refractivity contribution in [1.29, 1.82) is 0 Å². The van der Waals surface area contributed by atoms with E-state index in [1.54, 1.807) is 18.2 Å². The highest BCUT2D eigenvalue weighted by atomic mass is 19.4. The van der Waals surface area contributed by atoms with Crippen molar-refractivity contribution in [1.82, 2.24) is 5.32 Å². The number of carbonyl (C=O) groups is 1. The molecule has 0 radical (unpaired) electrons. The summed E-state index contributed by atoms with van der Waals surface area (Å²) < 4.78 is 124. The first-order valence-electron chi connectivity index (χ1n) is 10.5. The molecule has 1 amide bonds. The van der Waals surface area contributed by atoms with Crippen LogP contribution in [0.5, 0.6) is 5.75 Å². The lowest BCUT2D eigenvalue weighted by atomic mass is 9.77. The highest BCUT2D eigenvalue weighted by molar-refractivity contribution is 5.78. The lowest BCUT2D eigenvalue weighted by Crippen LogP contribution is -2.49. The standard InChI is InChI=1S/C25H18F9NO2/c26-18-8-6-16(7-9-18)23(13-15-4-2-1-3-5-15,35-21(36)14-24(30,31)32)17-10-19(27)12-20(11-17)37-25(33,34)22(28)29/h1-12,22H,13-14H2,(H,35,36). The summed E-state index contributed by atoms with van der Waals surface area (Å²) in [6, 6.07) is 13.6. The van der Waals surface area contributed by atoms with E-state index in [4.69, 9.17) is 0 Å². The number of rotatable bonds is 9. The quantitative estimate of drug-likeness (QED) is 0.308. The number of alkyl halides is 7. The third kappa shape index (κ3) is 7.17. The van der Waals surface area contributed by atoms with Crippen LogP contribution >= 0.6 is 0 Å². The van der Waals surface area contributed by atoms with E-state index in [0.29, 0.717) is 23.8 Å². The fourth-order valence-corrected chi connectivity index (χ4v) is 3.73. The molecule has 3 aromatic rings. The van der Waals surface area contributed by atoms with Gasteiger partial charge in [0.25, 0.3) is 0 Å². The summed E-state index contributed by atoms with van der Waals surface area (Å²) in [5, 5.41) is 2.19. The number of nitrogens with one attached hydrogen (secondary N) is 1. The van der Waals surface area contributed by atoms with Gasteiger partial charge in [-0.2, -0.15) is 30.7 Å². The molecule has 0 bridgehead atoms. The number of carbonyl (C=O) groups excluding carboxylic acids is 1. The van der Waals surface area contributed by atoms with Crippen molar-refractivity contribution < 1.29 is 49.0 Å². The second-order valence-corrected chi connectivity index (χ2v) is 8.05. The maximum atomic E-state index is 14.6. The van der Waals surface area contributed by atoms with Crippen LogP contribution in [0, 0.1) is 11.6 Å². The highest BCUT2D eigenvalue weighted by Crippen LogP contribution is 2.38. The number of benzene rings is 3. The molecule has 0 aromatic heterocycles. The Morgan fingerprint density at radius 1 is 0.811 bits per heavy atom. The maximum absolute atomic E-state index is 14.6. The molecule has 0 saturated heterocycles. The molecule has 0 aliphatic rings. The Hall–Kier alpha value is -3.70. The topological polar surface area (TPSA) is 38.3 Å². The molecule has 3 rings (SSSR count). The van der Waals surface area contributed by atoms with Crippen molar-refractivity contribution in [2.24, 2.45) is 0 Å². The number of hydrogen-bond acceptors (Lipinski definition) is 2. The van der Waals surface area contributed by atoms with E-state index in [1.807, 2.05) is 0 Å². The van der Waals surface area contributed by atoms with Crippen LogP contribution in [0.25, 0.3) is 0 Å². The lowest BCUT2D eigenvalue weighted by molar-refractivity contribution is -0.253. The minimum Gasteiger partial charge on any atom is -0.428 e. The molecule has 0 heterocycles. The van der Waals surface area contributed by atoms with Crippen LogP contribution in [0.15, 0.2) is 72.8 Å². The van der Waals surface area contributed by atoms with E-state index in [9.17, 15) is 44.3 Å². The largest absolute Gasteiger partial charge is 0.461 e. The van der Waals surface area contributed by atoms with Gasteiger partial charge in [0.1, 0.15) is 23.8 Å². The van der Waals surface area contributed by atoms with Crippen molar-refractivity contribution in [3.8, 4) is 5.75 Å². The van der Waals surface area contributed by atoms with E-state index in [0.717, 1.165) is 24.3 Å². The molecule has 0 aliphatic carbocycles.